The average molecular weight is 431 g/mol. The molecule has 0 aliphatic carbocycles. The molecule has 27 heavy (non-hydrogen) atoms. The highest BCUT2D eigenvalue weighted by molar-refractivity contribution is 5.95. The first-order valence-electron chi connectivity index (χ1n) is 8.71. The molecule has 2 heterocycles. The van der Waals surface area contributed by atoms with E-state index >= 15 is 0 Å². The minimum Gasteiger partial charge on any atom is -1.00 e. The lowest BCUT2D eigenvalue weighted by atomic mass is 10.1. The largest absolute Gasteiger partial charge is 1.00 e. The van der Waals surface area contributed by atoms with Crippen molar-refractivity contribution in [1.82, 2.24) is 4.57 Å². The summed E-state index contributed by atoms with van der Waals surface area (Å²) in [5, 5.41) is 0. The summed E-state index contributed by atoms with van der Waals surface area (Å²) >= 11 is 0. The van der Waals surface area contributed by atoms with Crippen LogP contribution < -0.4 is 26.3 Å². The van der Waals surface area contributed by atoms with Crippen LogP contribution in [0.4, 0.5) is 4.39 Å². The highest BCUT2D eigenvalue weighted by atomic mass is 79.9. The van der Waals surface area contributed by atoms with Crippen molar-refractivity contribution in [2.24, 2.45) is 0 Å². The van der Waals surface area contributed by atoms with Gasteiger partial charge in [0.25, 0.3) is 5.82 Å². The van der Waals surface area contributed by atoms with Crippen LogP contribution >= 0.6 is 0 Å². The van der Waals surface area contributed by atoms with Crippen molar-refractivity contribution in [2.75, 3.05) is 7.11 Å². The highest BCUT2D eigenvalue weighted by Gasteiger charge is 2.29. The molecular weight excluding hydrogens is 411 g/mol. The summed E-state index contributed by atoms with van der Waals surface area (Å²) in [5.74, 6) is 1.61. The van der Waals surface area contributed by atoms with E-state index in [0.29, 0.717) is 11.3 Å². The molecule has 140 valence electrons. The number of carbonyl (C=O) groups is 1. The molecule has 4 nitrogen and oxygen atoms in total. The average Bonchev–Trinajstić information content (AvgIpc) is 3.26. The second-order valence-corrected chi connectivity index (χ2v) is 6.48. The first kappa shape index (κ1) is 19.3. The second-order valence-electron chi connectivity index (χ2n) is 6.48. The van der Waals surface area contributed by atoms with Crippen molar-refractivity contribution < 1.29 is 35.5 Å². The van der Waals surface area contributed by atoms with Crippen LogP contribution in [0.1, 0.15) is 22.6 Å². The van der Waals surface area contributed by atoms with E-state index in [2.05, 4.69) is 4.57 Å². The molecule has 0 saturated carbocycles. The number of fused-ring (bicyclic) bond motifs is 1. The number of methoxy groups -OCH3 is 1. The molecule has 2 aromatic carbocycles. The summed E-state index contributed by atoms with van der Waals surface area (Å²) in [6, 6.07) is 13.7. The zero-order chi connectivity index (χ0) is 18.1. The van der Waals surface area contributed by atoms with Gasteiger partial charge in [-0.15, -0.1) is 0 Å². The van der Waals surface area contributed by atoms with Gasteiger partial charge in [0, 0.05) is 11.1 Å². The predicted octanol–water partition coefficient (Wildman–Crippen LogP) is 0.423. The molecule has 0 saturated heterocycles. The number of aromatic nitrogens is 2. The van der Waals surface area contributed by atoms with Crippen molar-refractivity contribution in [1.29, 1.82) is 0 Å². The van der Waals surface area contributed by atoms with Crippen molar-refractivity contribution in [2.45, 2.75) is 25.9 Å². The van der Waals surface area contributed by atoms with Gasteiger partial charge in [-0.25, -0.2) is 13.5 Å². The predicted molar refractivity (Wildman–Crippen MR) is 95.7 cm³/mol. The summed E-state index contributed by atoms with van der Waals surface area (Å²) in [7, 11) is 1.59. The van der Waals surface area contributed by atoms with E-state index in [1.807, 2.05) is 29.0 Å². The van der Waals surface area contributed by atoms with Gasteiger partial charge in [-0.3, -0.25) is 4.79 Å². The van der Waals surface area contributed by atoms with Gasteiger partial charge in [0.2, 0.25) is 5.78 Å². The fourth-order valence-electron chi connectivity index (χ4n) is 3.54. The first-order chi connectivity index (χ1) is 12.7. The van der Waals surface area contributed by atoms with E-state index in [0.717, 1.165) is 36.5 Å². The number of ketones is 1. The third-order valence-electron chi connectivity index (χ3n) is 4.84. The maximum absolute atomic E-state index is 13.2. The quantitative estimate of drug-likeness (QED) is 0.434. The molecule has 3 aromatic rings. The van der Waals surface area contributed by atoms with Gasteiger partial charge >= 0.3 is 0 Å². The second kappa shape index (κ2) is 8.05. The molecule has 0 N–H and O–H groups in total. The van der Waals surface area contributed by atoms with E-state index in [1.54, 1.807) is 25.3 Å². The molecule has 6 heteroatoms. The lowest BCUT2D eigenvalue weighted by molar-refractivity contribution is -0.689. The van der Waals surface area contributed by atoms with Crippen molar-refractivity contribution in [3.8, 4) is 17.0 Å². The number of rotatable bonds is 5. The van der Waals surface area contributed by atoms with Crippen molar-refractivity contribution >= 4 is 5.78 Å². The summed E-state index contributed by atoms with van der Waals surface area (Å²) in [6.07, 6.45) is 3.99. The lowest BCUT2D eigenvalue weighted by Crippen LogP contribution is -3.00. The highest BCUT2D eigenvalue weighted by Crippen LogP contribution is 2.25. The minimum absolute atomic E-state index is 0. The molecule has 0 fully saturated rings. The van der Waals surface area contributed by atoms with Gasteiger partial charge in [-0.2, -0.15) is 0 Å². The Morgan fingerprint density at radius 3 is 2.74 bits per heavy atom. The third-order valence-corrected chi connectivity index (χ3v) is 4.84. The monoisotopic (exact) mass is 430 g/mol. The molecule has 0 amide bonds. The van der Waals surface area contributed by atoms with Crippen LogP contribution in [0.15, 0.2) is 54.7 Å². The Bertz CT molecular complexity index is 967. The fraction of sp³-hybridized carbons (Fsp3) is 0.238. The maximum atomic E-state index is 13.2. The molecular formula is C21H20BrFN2O2. The number of ether oxygens (including phenoxy) is 1. The van der Waals surface area contributed by atoms with E-state index in [1.165, 1.54) is 12.1 Å². The van der Waals surface area contributed by atoms with Gasteiger partial charge in [-0.05, 0) is 42.8 Å². The number of hydrogen-bond donors (Lipinski definition) is 0. The number of benzene rings is 2. The van der Waals surface area contributed by atoms with Crippen LogP contribution in [-0.2, 0) is 19.5 Å². The Kier molecular flexibility index (Phi) is 5.75. The summed E-state index contributed by atoms with van der Waals surface area (Å²) in [4.78, 5) is 12.7. The Morgan fingerprint density at radius 1 is 1.22 bits per heavy atom. The van der Waals surface area contributed by atoms with Gasteiger partial charge in [0.1, 0.15) is 17.8 Å². The molecule has 4 rings (SSSR count). The van der Waals surface area contributed by atoms with Gasteiger partial charge in [0.05, 0.1) is 20.1 Å². The van der Waals surface area contributed by atoms with Crippen LogP contribution in [0.25, 0.3) is 11.3 Å². The molecule has 0 radical (unpaired) electrons. The van der Waals surface area contributed by atoms with Crippen LogP contribution in [0, 0.1) is 5.82 Å². The van der Waals surface area contributed by atoms with E-state index < -0.39 is 0 Å². The Hall–Kier alpha value is -2.47. The Balaban J connectivity index is 0.00000210. The van der Waals surface area contributed by atoms with Gasteiger partial charge < -0.3 is 21.7 Å². The van der Waals surface area contributed by atoms with Crippen LogP contribution in [0.5, 0.6) is 5.75 Å². The first-order valence-corrected chi connectivity index (χ1v) is 8.71. The molecule has 0 spiro atoms. The molecule has 1 aromatic heterocycles. The SMILES string of the molecule is COc1cccc(C(=O)C[n+]2cc(-c3ccc(F)cc3)n3c2CCC3)c1.[Br-]. The number of imidazole rings is 1. The van der Waals surface area contributed by atoms with E-state index in [-0.39, 0.29) is 35.1 Å². The summed E-state index contributed by atoms with van der Waals surface area (Å²) < 4.78 is 22.7. The smallest absolute Gasteiger partial charge is 0.257 e. The minimum atomic E-state index is -0.247. The number of nitrogens with zero attached hydrogens (tertiary/aromatic N) is 2. The van der Waals surface area contributed by atoms with E-state index in [9.17, 15) is 9.18 Å². The molecule has 0 unspecified atom stereocenters. The normalized spacial score (nSPS) is 12.4. The van der Waals surface area contributed by atoms with Crippen LogP contribution in [0.3, 0.4) is 0 Å². The Morgan fingerprint density at radius 2 is 2.00 bits per heavy atom. The summed E-state index contributed by atoms with van der Waals surface area (Å²) in [5.41, 5.74) is 2.62. The van der Waals surface area contributed by atoms with Crippen LogP contribution in [0.2, 0.25) is 0 Å². The fourth-order valence-corrected chi connectivity index (χ4v) is 3.54. The standard InChI is InChI=1S/C21H20FN2O2.BrH/c1-26-18-5-2-4-16(12-18)20(25)14-23-13-19(24-11-3-6-21(23)24)15-7-9-17(22)10-8-15;/h2,4-5,7-10,12-13H,3,6,11,14H2,1H3;1H/q+1;/p-1. The van der Waals surface area contributed by atoms with E-state index in [4.69, 9.17) is 4.74 Å². The molecule has 0 bridgehead atoms. The van der Waals surface area contributed by atoms with Gasteiger partial charge in [-0.1, -0.05) is 12.1 Å². The topological polar surface area (TPSA) is 35.1 Å². The van der Waals surface area contributed by atoms with Crippen molar-refractivity contribution in [3.05, 3.63) is 71.9 Å². The zero-order valence-electron chi connectivity index (χ0n) is 15.0. The maximum Gasteiger partial charge on any atom is 0.257 e. The number of halogens is 2. The van der Waals surface area contributed by atoms with Crippen LogP contribution in [-0.4, -0.2) is 17.5 Å². The lowest BCUT2D eigenvalue weighted by Gasteiger charge is -2.03. The molecule has 0 atom stereocenters. The molecule has 1 aliphatic heterocycles. The Labute approximate surface area is 168 Å². The number of carbonyl (C=O) groups excluding carboxylic acids is 1. The molecule has 1 aliphatic rings. The van der Waals surface area contributed by atoms with Crippen molar-refractivity contribution in [3.63, 3.8) is 0 Å². The summed E-state index contributed by atoms with van der Waals surface area (Å²) in [6.45, 7) is 1.20. The zero-order valence-corrected chi connectivity index (χ0v) is 16.6. The number of Topliss-reactive ketones (excluding diaryl/α,β-unsaturated/α-hetero) is 1. The van der Waals surface area contributed by atoms with Gasteiger partial charge in [0.15, 0.2) is 12.2 Å². The third kappa shape index (κ3) is 3.81. The number of hydrogen-bond acceptors (Lipinski definition) is 2.